The number of halogens is 5. The van der Waals surface area contributed by atoms with Crippen LogP contribution in [0, 0.1) is 15.9 Å². The van der Waals surface area contributed by atoms with Crippen molar-refractivity contribution < 1.29 is 22.5 Å². The maximum Gasteiger partial charge on any atom is 0.416 e. The third kappa shape index (κ3) is 4.40. The molecule has 0 aliphatic heterocycles. The lowest BCUT2D eigenvalue weighted by Crippen LogP contribution is -2.23. The number of anilines is 1. The molecule has 0 radical (unpaired) electrons. The van der Waals surface area contributed by atoms with Gasteiger partial charge in [0, 0.05) is 18.7 Å². The van der Waals surface area contributed by atoms with Crippen LogP contribution in [0.25, 0.3) is 5.69 Å². The minimum absolute atomic E-state index is 0.0303. The van der Waals surface area contributed by atoms with Gasteiger partial charge in [-0.1, -0.05) is 17.7 Å². The highest BCUT2D eigenvalue weighted by Crippen LogP contribution is 2.33. The van der Waals surface area contributed by atoms with Gasteiger partial charge in [0.25, 0.3) is 11.2 Å². The van der Waals surface area contributed by atoms with E-state index in [4.69, 9.17) is 11.6 Å². The van der Waals surface area contributed by atoms with E-state index in [2.05, 4.69) is 10.4 Å². The largest absolute Gasteiger partial charge is 0.416 e. The lowest BCUT2D eigenvalue weighted by atomic mass is 10.1. The number of aromatic nitrogens is 2. The number of nitro benzene ring substituents is 1. The third-order valence-corrected chi connectivity index (χ3v) is 4.44. The maximum absolute atomic E-state index is 13.2. The van der Waals surface area contributed by atoms with Crippen molar-refractivity contribution in [2.24, 2.45) is 0 Å². The summed E-state index contributed by atoms with van der Waals surface area (Å²) in [6.07, 6.45) is -3.64. The van der Waals surface area contributed by atoms with Crippen LogP contribution in [0.4, 0.5) is 28.9 Å². The van der Waals surface area contributed by atoms with E-state index in [1.165, 1.54) is 24.3 Å². The Hall–Kier alpha value is -3.47. The summed E-state index contributed by atoms with van der Waals surface area (Å²) in [6.45, 7) is -0.391. The van der Waals surface area contributed by atoms with Crippen molar-refractivity contribution in [2.75, 3.05) is 5.32 Å². The monoisotopic (exact) mass is 442 g/mol. The van der Waals surface area contributed by atoms with Gasteiger partial charge in [-0.25, -0.2) is 4.39 Å². The Morgan fingerprint density at radius 1 is 1.17 bits per heavy atom. The second kappa shape index (κ2) is 8.11. The molecular weight excluding hydrogens is 432 g/mol. The van der Waals surface area contributed by atoms with Gasteiger partial charge in [-0.15, -0.1) is 0 Å². The Morgan fingerprint density at radius 2 is 1.83 bits per heavy atom. The van der Waals surface area contributed by atoms with Crippen LogP contribution in [0.15, 0.2) is 53.5 Å². The zero-order chi connectivity index (χ0) is 22.1. The maximum atomic E-state index is 13.2. The van der Waals surface area contributed by atoms with Gasteiger partial charge < -0.3 is 5.32 Å². The summed E-state index contributed by atoms with van der Waals surface area (Å²) in [5.74, 6) is -1.03. The van der Waals surface area contributed by atoms with Crippen LogP contribution in [0.3, 0.4) is 0 Å². The summed E-state index contributed by atoms with van der Waals surface area (Å²) in [5.41, 5.74) is -2.20. The Morgan fingerprint density at radius 3 is 2.43 bits per heavy atom. The summed E-state index contributed by atoms with van der Waals surface area (Å²) in [4.78, 5) is 22.6. The number of nitrogens with one attached hydrogen (secondary N) is 1. The Kier molecular flexibility index (Phi) is 5.74. The van der Waals surface area contributed by atoms with E-state index in [1.807, 2.05) is 0 Å². The molecule has 1 aromatic heterocycles. The summed E-state index contributed by atoms with van der Waals surface area (Å²) in [6, 6.07) is 7.19. The van der Waals surface area contributed by atoms with E-state index in [-0.39, 0.29) is 27.6 Å². The molecule has 7 nitrogen and oxygen atoms in total. The minimum atomic E-state index is -4.76. The quantitative estimate of drug-likeness (QED) is 0.355. The average molecular weight is 443 g/mol. The molecular formula is C18H11ClF4N4O3. The van der Waals surface area contributed by atoms with E-state index in [0.717, 1.165) is 23.0 Å². The molecule has 3 aromatic rings. The first-order valence-electron chi connectivity index (χ1n) is 8.20. The zero-order valence-corrected chi connectivity index (χ0v) is 15.5. The fourth-order valence-electron chi connectivity index (χ4n) is 2.61. The fraction of sp³-hybridized carbons (Fsp3) is 0.111. The minimum Gasteiger partial charge on any atom is -0.378 e. The summed E-state index contributed by atoms with van der Waals surface area (Å²) in [5, 5.41) is 16.8. The van der Waals surface area contributed by atoms with Gasteiger partial charge >= 0.3 is 6.18 Å². The van der Waals surface area contributed by atoms with Gasteiger partial charge in [0.05, 0.1) is 28.1 Å². The number of benzene rings is 2. The van der Waals surface area contributed by atoms with Gasteiger partial charge in [-0.05, 0) is 29.8 Å². The molecule has 0 unspecified atom stereocenters. The lowest BCUT2D eigenvalue weighted by Gasteiger charge is -2.15. The molecule has 0 atom stereocenters. The highest BCUT2D eigenvalue weighted by molar-refractivity contribution is 6.32. The fourth-order valence-corrected chi connectivity index (χ4v) is 2.81. The topological polar surface area (TPSA) is 90.1 Å². The molecule has 0 bridgehead atoms. The first-order chi connectivity index (χ1) is 14.1. The van der Waals surface area contributed by atoms with Crippen LogP contribution in [-0.2, 0) is 12.7 Å². The van der Waals surface area contributed by atoms with Gasteiger partial charge in [0.2, 0.25) is 0 Å². The lowest BCUT2D eigenvalue weighted by molar-refractivity contribution is -0.384. The van der Waals surface area contributed by atoms with Gasteiger partial charge in [-0.2, -0.15) is 23.0 Å². The molecule has 0 amide bonds. The van der Waals surface area contributed by atoms with Crippen LogP contribution >= 0.6 is 11.6 Å². The molecule has 1 heterocycles. The molecule has 0 aliphatic carbocycles. The number of hydrogen-bond acceptors (Lipinski definition) is 5. The number of nitrogens with zero attached hydrogens (tertiary/aromatic N) is 3. The van der Waals surface area contributed by atoms with Crippen molar-refractivity contribution in [3.05, 3.63) is 91.1 Å². The number of non-ortho nitro benzene ring substituents is 1. The molecule has 12 heteroatoms. The number of alkyl halides is 3. The van der Waals surface area contributed by atoms with Crippen molar-refractivity contribution in [1.29, 1.82) is 0 Å². The normalized spacial score (nSPS) is 11.4. The van der Waals surface area contributed by atoms with Crippen molar-refractivity contribution in [2.45, 2.75) is 12.7 Å². The SMILES string of the molecule is O=c1c(Cl)c(NCc2ccc(F)cc2C(F)(F)F)cnn1-c1ccc([N+](=O)[O-])cc1. The van der Waals surface area contributed by atoms with E-state index >= 15 is 0 Å². The molecule has 0 fully saturated rings. The standard InChI is InChI=1S/C18H11ClF4N4O3/c19-16-15(24-8-10-1-2-11(20)7-14(10)18(21,22)23)9-25-26(17(16)28)12-3-5-13(6-4-12)27(29)30/h1-7,9,24H,8H2. The van der Waals surface area contributed by atoms with Crippen LogP contribution < -0.4 is 10.9 Å². The number of nitro groups is 1. The van der Waals surface area contributed by atoms with Gasteiger partial charge in [-0.3, -0.25) is 14.9 Å². The summed E-state index contributed by atoms with van der Waals surface area (Å²) in [7, 11) is 0. The van der Waals surface area contributed by atoms with Crippen LogP contribution in [0.5, 0.6) is 0 Å². The summed E-state index contributed by atoms with van der Waals surface area (Å²) < 4.78 is 53.3. The molecule has 2 aromatic carbocycles. The molecule has 0 aliphatic rings. The smallest absolute Gasteiger partial charge is 0.378 e. The van der Waals surface area contributed by atoms with E-state index < -0.39 is 34.6 Å². The molecule has 0 spiro atoms. The first kappa shape index (κ1) is 21.2. The van der Waals surface area contributed by atoms with Crippen LogP contribution in [-0.4, -0.2) is 14.7 Å². The highest BCUT2D eigenvalue weighted by Gasteiger charge is 2.33. The molecule has 30 heavy (non-hydrogen) atoms. The van der Waals surface area contributed by atoms with Crippen LogP contribution in [0.2, 0.25) is 5.02 Å². The number of hydrogen-bond donors (Lipinski definition) is 1. The van der Waals surface area contributed by atoms with Crippen molar-refractivity contribution in [1.82, 2.24) is 9.78 Å². The third-order valence-electron chi connectivity index (χ3n) is 4.07. The number of rotatable bonds is 5. The van der Waals surface area contributed by atoms with E-state index in [1.54, 1.807) is 0 Å². The Labute approximate surface area is 170 Å². The molecule has 3 rings (SSSR count). The van der Waals surface area contributed by atoms with E-state index in [0.29, 0.717) is 6.07 Å². The average Bonchev–Trinajstić information content (AvgIpc) is 2.69. The second-order valence-electron chi connectivity index (χ2n) is 6.02. The van der Waals surface area contributed by atoms with E-state index in [9.17, 15) is 32.5 Å². The van der Waals surface area contributed by atoms with Gasteiger partial charge in [0.1, 0.15) is 10.8 Å². The second-order valence-corrected chi connectivity index (χ2v) is 6.39. The molecule has 0 saturated heterocycles. The Balaban J connectivity index is 1.87. The molecule has 0 saturated carbocycles. The first-order valence-corrected chi connectivity index (χ1v) is 8.58. The van der Waals surface area contributed by atoms with Crippen LogP contribution in [0.1, 0.15) is 11.1 Å². The molecule has 1 N–H and O–H groups in total. The zero-order valence-electron chi connectivity index (χ0n) is 14.8. The summed E-state index contributed by atoms with van der Waals surface area (Å²) >= 11 is 6.02. The van der Waals surface area contributed by atoms with Crippen molar-refractivity contribution >= 4 is 23.0 Å². The van der Waals surface area contributed by atoms with Gasteiger partial charge in [0.15, 0.2) is 0 Å². The predicted molar refractivity (Wildman–Crippen MR) is 100 cm³/mol. The predicted octanol–water partition coefficient (Wildman–Crippen LogP) is 4.56. The van der Waals surface area contributed by atoms with Crippen molar-refractivity contribution in [3.8, 4) is 5.69 Å². The molecule has 156 valence electrons. The highest BCUT2D eigenvalue weighted by atomic mass is 35.5. The van der Waals surface area contributed by atoms with Crippen molar-refractivity contribution in [3.63, 3.8) is 0 Å². The Bertz CT molecular complexity index is 1160.